The zero-order valence-electron chi connectivity index (χ0n) is 12.6. The molecule has 0 aromatic heterocycles. The summed E-state index contributed by atoms with van der Waals surface area (Å²) >= 11 is 0. The predicted molar refractivity (Wildman–Crippen MR) is 78.7 cm³/mol. The van der Waals surface area contributed by atoms with Crippen LogP contribution in [0.3, 0.4) is 0 Å². The number of nitrogens with one attached hydrogen (secondary N) is 1. The summed E-state index contributed by atoms with van der Waals surface area (Å²) < 4.78 is 18.5. The maximum absolute atomic E-state index is 13.6. The highest BCUT2D eigenvalue weighted by molar-refractivity contribution is 5.78. The van der Waals surface area contributed by atoms with Gasteiger partial charge in [0, 0.05) is 39.8 Å². The minimum absolute atomic E-state index is 0.0492. The van der Waals surface area contributed by atoms with E-state index in [4.69, 9.17) is 4.74 Å². The van der Waals surface area contributed by atoms with Gasteiger partial charge in [-0.2, -0.15) is 0 Å². The second-order valence-electron chi connectivity index (χ2n) is 5.24. The number of ether oxygens (including phenoxy) is 1. The summed E-state index contributed by atoms with van der Waals surface area (Å²) in [6.45, 7) is 4.41. The second-order valence-corrected chi connectivity index (χ2v) is 5.24. The number of halogens is 1. The molecule has 1 N–H and O–H groups in total. The van der Waals surface area contributed by atoms with E-state index in [-0.39, 0.29) is 11.7 Å². The third kappa shape index (κ3) is 4.41. The smallest absolute Gasteiger partial charge is 0.236 e. The first-order valence-corrected chi connectivity index (χ1v) is 7.09. The van der Waals surface area contributed by atoms with Crippen molar-refractivity contribution >= 4 is 5.91 Å². The van der Waals surface area contributed by atoms with Gasteiger partial charge in [-0.25, -0.2) is 4.39 Å². The Morgan fingerprint density at radius 2 is 2.14 bits per heavy atom. The van der Waals surface area contributed by atoms with Gasteiger partial charge in [0.05, 0.1) is 13.7 Å². The van der Waals surface area contributed by atoms with Gasteiger partial charge in [0.1, 0.15) is 0 Å². The van der Waals surface area contributed by atoms with E-state index in [1.54, 1.807) is 24.1 Å². The Kier molecular flexibility index (Phi) is 5.52. The second kappa shape index (κ2) is 7.38. The largest absolute Gasteiger partial charge is 0.494 e. The zero-order chi connectivity index (χ0) is 15.2. The number of likely N-dealkylation sites (N-methyl/N-ethyl adjacent to an activating group) is 1. The number of carbonyl (C=O) groups excluding carboxylic acids is 1. The van der Waals surface area contributed by atoms with Crippen molar-refractivity contribution < 1.29 is 13.9 Å². The highest BCUT2D eigenvalue weighted by Gasteiger charge is 2.17. The number of nitrogens with zero attached hydrogens (tertiary/aromatic N) is 2. The van der Waals surface area contributed by atoms with E-state index >= 15 is 0 Å². The number of amides is 1. The van der Waals surface area contributed by atoms with Crippen LogP contribution in [0.5, 0.6) is 5.75 Å². The van der Waals surface area contributed by atoms with Gasteiger partial charge in [-0.1, -0.05) is 6.07 Å². The van der Waals surface area contributed by atoms with Crippen LogP contribution in [0.1, 0.15) is 5.56 Å². The van der Waals surface area contributed by atoms with Crippen molar-refractivity contribution in [2.45, 2.75) is 6.54 Å². The minimum Gasteiger partial charge on any atom is -0.494 e. The topological polar surface area (TPSA) is 44.8 Å². The normalized spacial score (nSPS) is 15.8. The van der Waals surface area contributed by atoms with E-state index < -0.39 is 5.82 Å². The first-order valence-electron chi connectivity index (χ1n) is 7.09. The molecule has 1 aromatic carbocycles. The van der Waals surface area contributed by atoms with Gasteiger partial charge < -0.3 is 15.0 Å². The average Bonchev–Trinajstić information content (AvgIpc) is 2.48. The van der Waals surface area contributed by atoms with Crippen molar-refractivity contribution in [2.24, 2.45) is 0 Å². The highest BCUT2D eigenvalue weighted by atomic mass is 19.1. The third-order valence-electron chi connectivity index (χ3n) is 3.63. The molecule has 0 unspecified atom stereocenters. The molecule has 1 aliphatic rings. The standard InChI is InChI=1S/C15H22FN3O2/c1-18(15(20)11-19-7-5-17-6-8-19)10-12-3-4-14(21-2)13(16)9-12/h3-4,9,17H,5-8,10-11H2,1-2H3. The Labute approximate surface area is 124 Å². The Morgan fingerprint density at radius 3 is 2.76 bits per heavy atom. The van der Waals surface area contributed by atoms with Crippen molar-refractivity contribution in [1.82, 2.24) is 15.1 Å². The van der Waals surface area contributed by atoms with E-state index in [0.29, 0.717) is 13.1 Å². The van der Waals surface area contributed by atoms with Crippen molar-refractivity contribution in [1.29, 1.82) is 0 Å². The van der Waals surface area contributed by atoms with E-state index in [1.807, 2.05) is 0 Å². The number of hydrogen-bond acceptors (Lipinski definition) is 4. The first-order chi connectivity index (χ1) is 10.1. The molecule has 6 heteroatoms. The van der Waals surface area contributed by atoms with Crippen LogP contribution in [-0.4, -0.2) is 62.6 Å². The quantitative estimate of drug-likeness (QED) is 0.868. The zero-order valence-corrected chi connectivity index (χ0v) is 12.6. The lowest BCUT2D eigenvalue weighted by Crippen LogP contribution is -2.47. The lowest BCUT2D eigenvalue weighted by atomic mass is 10.2. The molecule has 0 atom stereocenters. The maximum Gasteiger partial charge on any atom is 0.236 e. The summed E-state index contributed by atoms with van der Waals surface area (Å²) in [6, 6.07) is 4.77. The molecule has 1 saturated heterocycles. The number of methoxy groups -OCH3 is 1. The van der Waals surface area contributed by atoms with Crippen LogP contribution >= 0.6 is 0 Å². The fourth-order valence-electron chi connectivity index (χ4n) is 2.35. The summed E-state index contributed by atoms with van der Waals surface area (Å²) in [6.07, 6.45) is 0. The molecule has 1 amide bonds. The SMILES string of the molecule is COc1ccc(CN(C)C(=O)CN2CCNCC2)cc1F. The van der Waals surface area contributed by atoms with Gasteiger partial charge in [0.2, 0.25) is 5.91 Å². The molecule has 1 heterocycles. The molecule has 0 saturated carbocycles. The third-order valence-corrected chi connectivity index (χ3v) is 3.63. The Hall–Kier alpha value is -1.66. The van der Waals surface area contributed by atoms with Gasteiger partial charge in [-0.3, -0.25) is 9.69 Å². The van der Waals surface area contributed by atoms with Gasteiger partial charge in [0.25, 0.3) is 0 Å². The van der Waals surface area contributed by atoms with Crippen LogP contribution in [0, 0.1) is 5.82 Å². The predicted octanol–water partition coefficient (Wildman–Crippen LogP) is 0.698. The van der Waals surface area contributed by atoms with Crippen molar-refractivity contribution in [3.63, 3.8) is 0 Å². The van der Waals surface area contributed by atoms with Crippen LogP contribution in [0.2, 0.25) is 0 Å². The number of carbonyl (C=O) groups is 1. The molecule has 0 radical (unpaired) electrons. The van der Waals surface area contributed by atoms with Crippen LogP contribution in [0.25, 0.3) is 0 Å². The summed E-state index contributed by atoms with van der Waals surface area (Å²) in [7, 11) is 3.17. The maximum atomic E-state index is 13.6. The molecule has 0 bridgehead atoms. The lowest BCUT2D eigenvalue weighted by molar-refractivity contribution is -0.131. The highest BCUT2D eigenvalue weighted by Crippen LogP contribution is 2.18. The van der Waals surface area contributed by atoms with Gasteiger partial charge >= 0.3 is 0 Å². The molecule has 5 nitrogen and oxygen atoms in total. The molecule has 21 heavy (non-hydrogen) atoms. The fraction of sp³-hybridized carbons (Fsp3) is 0.533. The van der Waals surface area contributed by atoms with E-state index in [9.17, 15) is 9.18 Å². The Morgan fingerprint density at radius 1 is 1.43 bits per heavy atom. The van der Waals surface area contributed by atoms with Crippen LogP contribution < -0.4 is 10.1 Å². The number of benzene rings is 1. The number of rotatable bonds is 5. The minimum atomic E-state index is -0.405. The number of piperazine rings is 1. The molecule has 1 aromatic rings. The van der Waals surface area contributed by atoms with E-state index in [1.165, 1.54) is 13.2 Å². The molecular formula is C15H22FN3O2. The number of hydrogen-bond donors (Lipinski definition) is 1. The molecule has 1 fully saturated rings. The molecule has 0 aliphatic carbocycles. The van der Waals surface area contributed by atoms with Crippen molar-refractivity contribution in [2.75, 3.05) is 46.9 Å². The van der Waals surface area contributed by atoms with Gasteiger partial charge in [-0.15, -0.1) is 0 Å². The first kappa shape index (κ1) is 15.7. The van der Waals surface area contributed by atoms with Crippen LogP contribution in [0.4, 0.5) is 4.39 Å². The Balaban J connectivity index is 1.89. The summed E-state index contributed by atoms with van der Waals surface area (Å²) in [5.74, 6) is -0.139. The van der Waals surface area contributed by atoms with Crippen molar-refractivity contribution in [3.05, 3.63) is 29.6 Å². The van der Waals surface area contributed by atoms with Gasteiger partial charge in [0.15, 0.2) is 11.6 Å². The molecule has 1 aliphatic heterocycles. The van der Waals surface area contributed by atoms with Gasteiger partial charge in [-0.05, 0) is 17.7 Å². The summed E-state index contributed by atoms with van der Waals surface area (Å²) in [5, 5.41) is 3.25. The van der Waals surface area contributed by atoms with E-state index in [0.717, 1.165) is 31.7 Å². The average molecular weight is 295 g/mol. The monoisotopic (exact) mass is 295 g/mol. The molecule has 2 rings (SSSR count). The summed E-state index contributed by atoms with van der Waals surface area (Å²) in [4.78, 5) is 15.9. The van der Waals surface area contributed by atoms with Crippen molar-refractivity contribution in [3.8, 4) is 5.75 Å². The van der Waals surface area contributed by atoms with Crippen LogP contribution in [0.15, 0.2) is 18.2 Å². The lowest BCUT2D eigenvalue weighted by Gasteiger charge is -2.28. The summed E-state index contributed by atoms with van der Waals surface area (Å²) in [5.41, 5.74) is 0.754. The molecular weight excluding hydrogens is 273 g/mol. The van der Waals surface area contributed by atoms with Crippen LogP contribution in [-0.2, 0) is 11.3 Å². The molecule has 0 spiro atoms. The van der Waals surface area contributed by atoms with E-state index in [2.05, 4.69) is 10.2 Å². The molecule has 116 valence electrons. The Bertz CT molecular complexity index is 490. The fourth-order valence-corrected chi connectivity index (χ4v) is 2.35.